The minimum atomic E-state index is -2.32. The molecule has 0 atom stereocenters. The molecular weight excluding hydrogens is 457 g/mol. The Labute approximate surface area is 192 Å². The van der Waals surface area contributed by atoms with Gasteiger partial charge in [0, 0.05) is 6.42 Å². The Kier molecular flexibility index (Phi) is 8.19. The summed E-state index contributed by atoms with van der Waals surface area (Å²) in [5, 5.41) is 8.85. The molecule has 0 aliphatic rings. The summed E-state index contributed by atoms with van der Waals surface area (Å²) in [6.45, 7) is 0.350. The molecule has 0 saturated heterocycles. The van der Waals surface area contributed by atoms with Gasteiger partial charge in [0.1, 0.15) is 5.75 Å². The van der Waals surface area contributed by atoms with Crippen molar-refractivity contribution in [3.05, 3.63) is 83.2 Å². The van der Waals surface area contributed by atoms with Crippen molar-refractivity contribution < 1.29 is 36.2 Å². The molecule has 0 aliphatic carbocycles. The van der Waals surface area contributed by atoms with E-state index in [-0.39, 0.29) is 12.8 Å². The molecule has 0 spiro atoms. The molecule has 34 heavy (non-hydrogen) atoms. The van der Waals surface area contributed by atoms with Gasteiger partial charge in [-0.1, -0.05) is 24.3 Å². The standard InChI is InChI=1S/C25H18F5NO3/c26-20-21(27)23(29)25(24(30)22(20)28)34-19(32)4-2-1-3-13-33-18-11-9-17(10-12-18)16-7-5-15(14-31)6-8-16/h5-12H,1-4,13H2. The number of nitriles is 1. The number of carbonyl (C=O) groups excluding carboxylic acids is 1. The molecule has 0 aromatic heterocycles. The second kappa shape index (κ2) is 11.3. The summed E-state index contributed by atoms with van der Waals surface area (Å²) >= 11 is 0. The minimum Gasteiger partial charge on any atom is -0.494 e. The van der Waals surface area contributed by atoms with Gasteiger partial charge in [-0.15, -0.1) is 0 Å². The predicted molar refractivity (Wildman–Crippen MR) is 112 cm³/mol. The topological polar surface area (TPSA) is 59.3 Å². The predicted octanol–water partition coefficient (Wildman–Crippen LogP) is 6.47. The van der Waals surface area contributed by atoms with Crippen molar-refractivity contribution in [2.24, 2.45) is 0 Å². The average Bonchev–Trinajstić information content (AvgIpc) is 2.86. The molecule has 0 saturated carbocycles. The van der Waals surface area contributed by atoms with Crippen LogP contribution in [0, 0.1) is 40.4 Å². The van der Waals surface area contributed by atoms with Crippen LogP contribution in [0.25, 0.3) is 11.1 Å². The summed E-state index contributed by atoms with van der Waals surface area (Å²) in [5.41, 5.74) is 2.50. The lowest BCUT2D eigenvalue weighted by atomic mass is 10.0. The van der Waals surface area contributed by atoms with E-state index in [2.05, 4.69) is 10.8 Å². The summed E-state index contributed by atoms with van der Waals surface area (Å²) in [7, 11) is 0. The average molecular weight is 475 g/mol. The van der Waals surface area contributed by atoms with Crippen molar-refractivity contribution in [1.82, 2.24) is 0 Å². The van der Waals surface area contributed by atoms with Crippen LogP contribution in [-0.2, 0) is 4.79 Å². The van der Waals surface area contributed by atoms with E-state index in [4.69, 9.17) is 10.00 Å². The second-order valence-corrected chi connectivity index (χ2v) is 7.25. The van der Waals surface area contributed by atoms with Gasteiger partial charge in [0.2, 0.25) is 34.8 Å². The third-order valence-corrected chi connectivity index (χ3v) is 4.88. The minimum absolute atomic E-state index is 0.265. The quantitative estimate of drug-likeness (QED) is 0.0890. The first-order chi connectivity index (χ1) is 16.3. The number of nitrogens with zero attached hydrogens (tertiary/aromatic N) is 1. The van der Waals surface area contributed by atoms with Crippen LogP contribution < -0.4 is 9.47 Å². The lowest BCUT2D eigenvalue weighted by Crippen LogP contribution is -2.13. The van der Waals surface area contributed by atoms with E-state index in [0.717, 1.165) is 11.1 Å². The monoisotopic (exact) mass is 475 g/mol. The van der Waals surface area contributed by atoms with E-state index in [0.29, 0.717) is 30.8 Å². The van der Waals surface area contributed by atoms with Crippen molar-refractivity contribution in [2.45, 2.75) is 25.7 Å². The molecular formula is C25H18F5NO3. The zero-order valence-electron chi connectivity index (χ0n) is 17.7. The van der Waals surface area contributed by atoms with Gasteiger partial charge in [-0.2, -0.15) is 14.0 Å². The fraction of sp³-hybridized carbons (Fsp3) is 0.200. The van der Waals surface area contributed by atoms with E-state index in [9.17, 15) is 26.7 Å². The molecule has 9 heteroatoms. The van der Waals surface area contributed by atoms with Gasteiger partial charge in [-0.05, 0) is 54.7 Å². The van der Waals surface area contributed by atoms with Crippen molar-refractivity contribution in [2.75, 3.05) is 6.61 Å². The molecule has 0 N–H and O–H groups in total. The van der Waals surface area contributed by atoms with Crippen LogP contribution in [0.3, 0.4) is 0 Å². The Balaban J connectivity index is 1.39. The first-order valence-electron chi connectivity index (χ1n) is 10.3. The molecule has 0 bridgehead atoms. The van der Waals surface area contributed by atoms with Gasteiger partial charge >= 0.3 is 5.97 Å². The highest BCUT2D eigenvalue weighted by Gasteiger charge is 2.28. The highest BCUT2D eigenvalue weighted by molar-refractivity contribution is 5.72. The van der Waals surface area contributed by atoms with Gasteiger partial charge in [-0.3, -0.25) is 4.79 Å². The fourth-order valence-electron chi connectivity index (χ4n) is 3.06. The molecule has 0 unspecified atom stereocenters. The second-order valence-electron chi connectivity index (χ2n) is 7.25. The molecule has 0 fully saturated rings. The van der Waals surface area contributed by atoms with Gasteiger partial charge in [0.25, 0.3) is 0 Å². The Morgan fingerprint density at radius 1 is 0.735 bits per heavy atom. The third kappa shape index (κ3) is 5.90. The maximum absolute atomic E-state index is 13.5. The van der Waals surface area contributed by atoms with Crippen LogP contribution in [0.15, 0.2) is 48.5 Å². The maximum Gasteiger partial charge on any atom is 0.311 e. The molecule has 3 rings (SSSR count). The number of ether oxygens (including phenoxy) is 2. The largest absolute Gasteiger partial charge is 0.494 e. The van der Waals surface area contributed by atoms with Crippen LogP contribution >= 0.6 is 0 Å². The lowest BCUT2D eigenvalue weighted by molar-refractivity contribution is -0.135. The number of hydrogen-bond acceptors (Lipinski definition) is 4. The molecule has 0 amide bonds. The molecule has 176 valence electrons. The van der Waals surface area contributed by atoms with Crippen molar-refractivity contribution in [3.8, 4) is 28.7 Å². The Morgan fingerprint density at radius 2 is 1.26 bits per heavy atom. The van der Waals surface area contributed by atoms with Crippen molar-refractivity contribution >= 4 is 5.97 Å². The lowest BCUT2D eigenvalue weighted by Gasteiger charge is -2.09. The first kappa shape index (κ1) is 24.7. The van der Waals surface area contributed by atoms with Gasteiger partial charge < -0.3 is 9.47 Å². The zero-order chi connectivity index (χ0) is 24.7. The van der Waals surface area contributed by atoms with Crippen LogP contribution in [0.2, 0.25) is 0 Å². The van der Waals surface area contributed by atoms with Gasteiger partial charge in [-0.25, -0.2) is 13.2 Å². The molecule has 4 nitrogen and oxygen atoms in total. The number of hydrogen-bond donors (Lipinski definition) is 0. The molecule has 3 aromatic carbocycles. The molecule has 0 heterocycles. The number of halogens is 5. The number of unbranched alkanes of at least 4 members (excludes halogenated alkanes) is 2. The maximum atomic E-state index is 13.5. The van der Waals surface area contributed by atoms with E-state index in [1.54, 1.807) is 24.3 Å². The van der Waals surface area contributed by atoms with Crippen LogP contribution in [0.5, 0.6) is 11.5 Å². The summed E-state index contributed by atoms with van der Waals surface area (Å²) in [4.78, 5) is 11.7. The highest BCUT2D eigenvalue weighted by Crippen LogP contribution is 2.29. The highest BCUT2D eigenvalue weighted by atomic mass is 19.2. The van der Waals surface area contributed by atoms with E-state index in [1.165, 1.54) is 0 Å². The SMILES string of the molecule is N#Cc1ccc(-c2ccc(OCCCCCC(=O)Oc3c(F)c(F)c(F)c(F)c3F)cc2)cc1. The number of rotatable bonds is 9. The van der Waals surface area contributed by atoms with Gasteiger partial charge in [0.05, 0.1) is 18.2 Å². The number of esters is 1. The summed E-state index contributed by atoms with van der Waals surface area (Å²) in [6.07, 6.45) is 1.08. The van der Waals surface area contributed by atoms with Crippen molar-refractivity contribution in [1.29, 1.82) is 5.26 Å². The van der Waals surface area contributed by atoms with E-state index in [1.807, 2.05) is 24.3 Å². The molecule has 3 aromatic rings. The Hall–Kier alpha value is -3.93. The summed E-state index contributed by atoms with van der Waals surface area (Å²) in [5.74, 6) is -13.1. The first-order valence-corrected chi connectivity index (χ1v) is 10.3. The van der Waals surface area contributed by atoms with Crippen molar-refractivity contribution in [3.63, 3.8) is 0 Å². The smallest absolute Gasteiger partial charge is 0.311 e. The summed E-state index contributed by atoms with van der Waals surface area (Å²) < 4.78 is 76.4. The van der Waals surface area contributed by atoms with Crippen LogP contribution in [0.1, 0.15) is 31.2 Å². The van der Waals surface area contributed by atoms with Crippen LogP contribution in [-0.4, -0.2) is 12.6 Å². The Bertz CT molecular complexity index is 1180. The van der Waals surface area contributed by atoms with E-state index < -0.39 is 40.8 Å². The zero-order valence-corrected chi connectivity index (χ0v) is 17.7. The Morgan fingerprint density at radius 3 is 1.82 bits per heavy atom. The van der Waals surface area contributed by atoms with E-state index >= 15 is 0 Å². The number of benzene rings is 3. The molecule has 0 radical (unpaired) electrons. The van der Waals surface area contributed by atoms with Gasteiger partial charge in [0.15, 0.2) is 0 Å². The fourth-order valence-corrected chi connectivity index (χ4v) is 3.06. The summed E-state index contributed by atoms with van der Waals surface area (Å²) in [6, 6.07) is 16.6. The third-order valence-electron chi connectivity index (χ3n) is 4.88. The number of carbonyl (C=O) groups is 1. The normalized spacial score (nSPS) is 10.6. The van der Waals surface area contributed by atoms with Crippen LogP contribution in [0.4, 0.5) is 22.0 Å². The molecule has 0 aliphatic heterocycles.